The van der Waals surface area contributed by atoms with E-state index in [-0.39, 0.29) is 23.8 Å². The van der Waals surface area contributed by atoms with Crippen LogP contribution in [0.15, 0.2) is 54.7 Å². The van der Waals surface area contributed by atoms with Crippen molar-refractivity contribution in [2.24, 2.45) is 0 Å². The van der Waals surface area contributed by atoms with Crippen LogP contribution in [0, 0.1) is 10.1 Å². The van der Waals surface area contributed by atoms with Gasteiger partial charge in [-0.25, -0.2) is 4.68 Å². The molecule has 3 aromatic rings. The van der Waals surface area contributed by atoms with Gasteiger partial charge in [-0.1, -0.05) is 11.6 Å². The first kappa shape index (κ1) is 18.2. The van der Waals surface area contributed by atoms with Crippen molar-refractivity contribution in [2.45, 2.75) is 6.73 Å². The number of non-ortho nitro benzene ring substituents is 1. The van der Waals surface area contributed by atoms with E-state index in [2.05, 4.69) is 10.4 Å². The maximum absolute atomic E-state index is 12.2. The first-order chi connectivity index (χ1) is 12.9. The number of carbonyl (C=O) groups excluding carboxylic acids is 1. The number of amides is 1. The smallest absolute Gasteiger partial charge is 0.276 e. The van der Waals surface area contributed by atoms with Gasteiger partial charge >= 0.3 is 0 Å². The lowest BCUT2D eigenvalue weighted by Crippen LogP contribution is -2.14. The highest BCUT2D eigenvalue weighted by Gasteiger charge is 2.15. The summed E-state index contributed by atoms with van der Waals surface area (Å²) in [6, 6.07) is 11.6. The van der Waals surface area contributed by atoms with Crippen LogP contribution in [0.1, 0.15) is 10.5 Å². The minimum absolute atomic E-state index is 0.0394. The maximum Gasteiger partial charge on any atom is 0.276 e. The van der Waals surface area contributed by atoms with Crippen LogP contribution in [0.3, 0.4) is 0 Å². The molecule has 0 fully saturated rings. The van der Waals surface area contributed by atoms with E-state index in [1.54, 1.807) is 30.5 Å². The highest BCUT2D eigenvalue weighted by atomic mass is 35.5. The number of phenolic OH excluding ortho intramolecular Hbond substituents is 1. The highest BCUT2D eigenvalue weighted by molar-refractivity contribution is 6.30. The summed E-state index contributed by atoms with van der Waals surface area (Å²) in [4.78, 5) is 22.2. The first-order valence-corrected chi connectivity index (χ1v) is 8.01. The van der Waals surface area contributed by atoms with Gasteiger partial charge in [0.2, 0.25) is 0 Å². The lowest BCUT2D eigenvalue weighted by molar-refractivity contribution is -0.384. The van der Waals surface area contributed by atoms with E-state index in [9.17, 15) is 20.0 Å². The Morgan fingerprint density at radius 2 is 2.00 bits per heavy atom. The molecule has 0 bridgehead atoms. The van der Waals surface area contributed by atoms with Gasteiger partial charge in [-0.05, 0) is 36.4 Å². The topological polar surface area (TPSA) is 120 Å². The summed E-state index contributed by atoms with van der Waals surface area (Å²) in [5, 5.41) is 27.6. The Morgan fingerprint density at radius 3 is 2.67 bits per heavy atom. The average Bonchev–Trinajstić information content (AvgIpc) is 3.12. The number of hydrogen-bond donors (Lipinski definition) is 2. The summed E-state index contributed by atoms with van der Waals surface area (Å²) < 4.78 is 6.94. The number of rotatable bonds is 6. The van der Waals surface area contributed by atoms with E-state index in [4.69, 9.17) is 16.3 Å². The minimum atomic E-state index is -0.645. The average molecular weight is 389 g/mol. The van der Waals surface area contributed by atoms with Crippen molar-refractivity contribution in [1.82, 2.24) is 9.78 Å². The first-order valence-electron chi connectivity index (χ1n) is 7.63. The number of nitro groups is 1. The normalized spacial score (nSPS) is 10.4. The fourth-order valence-corrected chi connectivity index (χ4v) is 2.28. The molecule has 0 aliphatic carbocycles. The molecule has 9 nitrogen and oxygen atoms in total. The van der Waals surface area contributed by atoms with Crippen LogP contribution in [0.25, 0.3) is 0 Å². The van der Waals surface area contributed by atoms with Gasteiger partial charge in [-0.2, -0.15) is 5.10 Å². The molecular formula is C17H13ClN4O5. The van der Waals surface area contributed by atoms with Gasteiger partial charge in [0.05, 0.1) is 16.7 Å². The van der Waals surface area contributed by atoms with E-state index in [1.165, 1.54) is 22.9 Å². The number of benzene rings is 2. The third kappa shape index (κ3) is 4.53. The van der Waals surface area contributed by atoms with Crippen molar-refractivity contribution in [3.8, 4) is 11.5 Å². The van der Waals surface area contributed by atoms with Gasteiger partial charge < -0.3 is 15.2 Å². The van der Waals surface area contributed by atoms with E-state index in [0.29, 0.717) is 10.8 Å². The molecule has 0 spiro atoms. The Bertz CT molecular complexity index is 987. The summed E-state index contributed by atoms with van der Waals surface area (Å²) in [6.07, 6.45) is 1.56. The second-order valence-electron chi connectivity index (χ2n) is 5.38. The molecule has 0 aliphatic heterocycles. The molecule has 10 heteroatoms. The quantitative estimate of drug-likeness (QED) is 0.379. The molecule has 0 saturated carbocycles. The lowest BCUT2D eigenvalue weighted by Gasteiger charge is -2.07. The van der Waals surface area contributed by atoms with E-state index < -0.39 is 16.6 Å². The molecule has 3 rings (SSSR count). The highest BCUT2D eigenvalue weighted by Crippen LogP contribution is 2.28. The third-order valence-corrected chi connectivity index (χ3v) is 3.74. The molecule has 0 atom stereocenters. The van der Waals surface area contributed by atoms with Gasteiger partial charge in [0.25, 0.3) is 11.6 Å². The zero-order valence-electron chi connectivity index (χ0n) is 13.7. The summed E-state index contributed by atoms with van der Waals surface area (Å²) in [7, 11) is 0. The largest absolute Gasteiger partial charge is 0.506 e. The zero-order valence-corrected chi connectivity index (χ0v) is 14.5. The van der Waals surface area contributed by atoms with E-state index in [0.717, 1.165) is 6.07 Å². The molecule has 0 aliphatic rings. The van der Waals surface area contributed by atoms with Crippen molar-refractivity contribution in [3.05, 3.63) is 75.6 Å². The second kappa shape index (κ2) is 7.75. The van der Waals surface area contributed by atoms with Gasteiger partial charge in [0.1, 0.15) is 11.5 Å². The molecule has 1 heterocycles. The molecule has 138 valence electrons. The predicted octanol–water partition coefficient (Wildman–Crippen LogP) is 3.44. The standard InChI is InChI=1S/C17H13ClN4O5/c18-11-1-4-13(5-2-11)27-10-21-8-7-15(20-21)17(24)19-14-6-3-12(22(25)26)9-16(14)23/h1-9,23H,10H2,(H,19,24). The van der Waals surface area contributed by atoms with Crippen LogP contribution in [0.4, 0.5) is 11.4 Å². The summed E-state index contributed by atoms with van der Waals surface area (Å²) in [5.41, 5.74) is -0.154. The molecule has 2 aromatic carbocycles. The van der Waals surface area contributed by atoms with Gasteiger partial charge in [-0.3, -0.25) is 14.9 Å². The second-order valence-corrected chi connectivity index (χ2v) is 5.82. The van der Waals surface area contributed by atoms with Crippen molar-refractivity contribution in [2.75, 3.05) is 5.32 Å². The number of nitrogens with zero attached hydrogens (tertiary/aromatic N) is 3. The SMILES string of the molecule is O=C(Nc1ccc([N+](=O)[O-])cc1O)c1ccn(COc2ccc(Cl)cc2)n1. The Hall–Kier alpha value is -3.59. The molecule has 0 radical (unpaired) electrons. The third-order valence-electron chi connectivity index (χ3n) is 3.49. The summed E-state index contributed by atoms with van der Waals surface area (Å²) >= 11 is 5.80. The Kier molecular flexibility index (Phi) is 5.23. The number of anilines is 1. The van der Waals surface area contributed by atoms with Crippen molar-refractivity contribution in [3.63, 3.8) is 0 Å². The van der Waals surface area contributed by atoms with Crippen LogP contribution < -0.4 is 10.1 Å². The number of aromatic hydroxyl groups is 1. The Balaban J connectivity index is 1.63. The molecular weight excluding hydrogens is 376 g/mol. The van der Waals surface area contributed by atoms with Crippen LogP contribution >= 0.6 is 11.6 Å². The number of hydrogen-bond acceptors (Lipinski definition) is 6. The molecule has 1 aromatic heterocycles. The molecule has 27 heavy (non-hydrogen) atoms. The van der Waals surface area contributed by atoms with Crippen LogP contribution in [-0.4, -0.2) is 25.7 Å². The fraction of sp³-hybridized carbons (Fsp3) is 0.0588. The Morgan fingerprint density at radius 1 is 1.26 bits per heavy atom. The number of phenols is 1. The van der Waals surface area contributed by atoms with Crippen molar-refractivity contribution < 1.29 is 19.6 Å². The molecule has 0 saturated heterocycles. The van der Waals surface area contributed by atoms with Crippen molar-refractivity contribution in [1.29, 1.82) is 0 Å². The van der Waals surface area contributed by atoms with Crippen molar-refractivity contribution >= 4 is 28.9 Å². The number of ether oxygens (including phenoxy) is 1. The summed E-state index contributed by atoms with van der Waals surface area (Å²) in [5.74, 6) is -0.399. The number of nitro benzene ring substituents is 1. The monoisotopic (exact) mass is 388 g/mol. The maximum atomic E-state index is 12.2. The van der Waals surface area contributed by atoms with Gasteiger partial charge in [-0.15, -0.1) is 0 Å². The van der Waals surface area contributed by atoms with Gasteiger partial charge in [0, 0.05) is 17.3 Å². The van der Waals surface area contributed by atoms with Crippen LogP contribution in [-0.2, 0) is 6.73 Å². The number of carbonyl (C=O) groups is 1. The zero-order chi connectivity index (χ0) is 19.4. The van der Waals surface area contributed by atoms with Gasteiger partial charge in [0.15, 0.2) is 12.4 Å². The fourth-order valence-electron chi connectivity index (χ4n) is 2.15. The summed E-state index contributed by atoms with van der Waals surface area (Å²) in [6.45, 7) is 0.0810. The minimum Gasteiger partial charge on any atom is -0.506 e. The van der Waals surface area contributed by atoms with E-state index in [1.807, 2.05) is 0 Å². The molecule has 1 amide bonds. The number of aromatic nitrogens is 2. The number of halogens is 1. The number of nitrogens with one attached hydrogen (secondary N) is 1. The molecule has 0 unspecified atom stereocenters. The predicted molar refractivity (Wildman–Crippen MR) is 97.0 cm³/mol. The van der Waals surface area contributed by atoms with E-state index >= 15 is 0 Å². The Labute approximate surface area is 157 Å². The lowest BCUT2D eigenvalue weighted by atomic mass is 10.2. The molecule has 2 N–H and O–H groups in total. The van der Waals surface area contributed by atoms with Crippen LogP contribution in [0.5, 0.6) is 11.5 Å². The van der Waals surface area contributed by atoms with Crippen LogP contribution in [0.2, 0.25) is 5.02 Å².